The molecule has 0 saturated heterocycles. The van der Waals surface area contributed by atoms with E-state index in [0.717, 1.165) is 37.5 Å². The lowest BCUT2D eigenvalue weighted by Gasteiger charge is -2.19. The molecule has 2 N–H and O–H groups in total. The molecule has 134 valence electrons. The van der Waals surface area contributed by atoms with Gasteiger partial charge in [0.2, 0.25) is 0 Å². The minimum absolute atomic E-state index is 0.216. The summed E-state index contributed by atoms with van der Waals surface area (Å²) in [5.41, 5.74) is 2.26. The van der Waals surface area contributed by atoms with Gasteiger partial charge in [-0.05, 0) is 42.7 Å². The maximum atomic E-state index is 12.9. The first-order valence-corrected chi connectivity index (χ1v) is 8.64. The van der Waals surface area contributed by atoms with Gasteiger partial charge in [-0.1, -0.05) is 30.3 Å². The van der Waals surface area contributed by atoms with Gasteiger partial charge in [0.15, 0.2) is 5.96 Å². The van der Waals surface area contributed by atoms with Gasteiger partial charge in [-0.25, -0.2) is 4.39 Å². The van der Waals surface area contributed by atoms with Crippen molar-refractivity contribution in [3.05, 3.63) is 66.0 Å². The fourth-order valence-electron chi connectivity index (χ4n) is 2.50. The second kappa shape index (κ2) is 10.3. The van der Waals surface area contributed by atoms with Gasteiger partial charge in [-0.15, -0.1) is 0 Å². The van der Waals surface area contributed by atoms with Crippen molar-refractivity contribution in [1.29, 1.82) is 0 Å². The third kappa shape index (κ3) is 6.83. The molecule has 0 fully saturated rings. The van der Waals surface area contributed by atoms with Gasteiger partial charge in [0, 0.05) is 39.4 Å². The highest BCUT2D eigenvalue weighted by Crippen LogP contribution is 2.11. The van der Waals surface area contributed by atoms with Crippen LogP contribution in [-0.2, 0) is 6.54 Å². The summed E-state index contributed by atoms with van der Waals surface area (Å²) in [6.45, 7) is 2.51. The molecule has 0 aliphatic carbocycles. The van der Waals surface area contributed by atoms with E-state index in [0.29, 0.717) is 6.54 Å². The van der Waals surface area contributed by atoms with Crippen LogP contribution in [-0.4, -0.2) is 33.1 Å². The third-order valence-corrected chi connectivity index (χ3v) is 4.01. The summed E-state index contributed by atoms with van der Waals surface area (Å²) in [6, 6.07) is 16.9. The first kappa shape index (κ1) is 18.8. The van der Waals surface area contributed by atoms with E-state index in [4.69, 9.17) is 0 Å². The van der Waals surface area contributed by atoms with Crippen molar-refractivity contribution in [3.63, 3.8) is 0 Å². The molecule has 0 amide bonds. The number of hydrogen-bond donors (Lipinski definition) is 2. The summed E-state index contributed by atoms with van der Waals surface area (Å²) in [6.07, 6.45) is 2.17. The Hall–Kier alpha value is -2.56. The van der Waals surface area contributed by atoms with Gasteiger partial charge < -0.3 is 15.5 Å². The van der Waals surface area contributed by atoms with Gasteiger partial charge in [0.1, 0.15) is 5.82 Å². The lowest BCUT2D eigenvalue weighted by Crippen LogP contribution is -2.37. The highest BCUT2D eigenvalue weighted by atomic mass is 19.1. The van der Waals surface area contributed by atoms with Gasteiger partial charge in [0.25, 0.3) is 0 Å². The third-order valence-electron chi connectivity index (χ3n) is 4.01. The first-order valence-electron chi connectivity index (χ1n) is 8.64. The monoisotopic (exact) mass is 342 g/mol. The van der Waals surface area contributed by atoms with Crippen LogP contribution in [0.3, 0.4) is 0 Å². The van der Waals surface area contributed by atoms with Crippen molar-refractivity contribution in [1.82, 2.24) is 10.6 Å². The largest absolute Gasteiger partial charge is 0.375 e. The number of unbranched alkanes of at least 4 members (excludes halogenated alkanes) is 1. The molecule has 0 aliphatic heterocycles. The zero-order valence-electron chi connectivity index (χ0n) is 15.0. The van der Waals surface area contributed by atoms with Crippen molar-refractivity contribution in [3.8, 4) is 0 Å². The summed E-state index contributed by atoms with van der Waals surface area (Å²) >= 11 is 0. The fraction of sp³-hybridized carbons (Fsp3) is 0.350. The van der Waals surface area contributed by atoms with Crippen LogP contribution >= 0.6 is 0 Å². The molecule has 2 rings (SSSR count). The number of nitrogens with zero attached hydrogens (tertiary/aromatic N) is 2. The quantitative estimate of drug-likeness (QED) is 0.439. The molecule has 2 aromatic rings. The van der Waals surface area contributed by atoms with E-state index in [1.165, 1.54) is 17.8 Å². The van der Waals surface area contributed by atoms with Crippen molar-refractivity contribution in [2.45, 2.75) is 19.4 Å². The van der Waals surface area contributed by atoms with Gasteiger partial charge in [-0.3, -0.25) is 4.99 Å². The molecular weight excluding hydrogens is 315 g/mol. The van der Waals surface area contributed by atoms with E-state index in [9.17, 15) is 4.39 Å². The minimum atomic E-state index is -0.216. The molecule has 5 heteroatoms. The molecule has 0 radical (unpaired) electrons. The SMILES string of the molecule is CN=C(NCCCCN(C)c1ccccc1)NCc1ccc(F)cc1. The molecule has 0 unspecified atom stereocenters. The highest BCUT2D eigenvalue weighted by molar-refractivity contribution is 5.79. The lowest BCUT2D eigenvalue weighted by molar-refractivity contribution is 0.626. The van der Waals surface area contributed by atoms with Crippen LogP contribution in [0.5, 0.6) is 0 Å². The van der Waals surface area contributed by atoms with Gasteiger partial charge in [0.05, 0.1) is 0 Å². The summed E-state index contributed by atoms with van der Waals surface area (Å²) in [4.78, 5) is 6.48. The topological polar surface area (TPSA) is 39.7 Å². The lowest BCUT2D eigenvalue weighted by atomic mass is 10.2. The Morgan fingerprint density at radius 1 is 1.00 bits per heavy atom. The average molecular weight is 342 g/mol. The standard InChI is InChI=1S/C20H27FN4/c1-22-20(24-16-17-10-12-18(21)13-11-17)23-14-6-7-15-25(2)19-8-4-3-5-9-19/h3-5,8-13H,6-7,14-16H2,1-2H3,(H2,22,23,24). The van der Waals surface area contributed by atoms with Crippen molar-refractivity contribution >= 4 is 11.6 Å². The van der Waals surface area contributed by atoms with Gasteiger partial charge >= 0.3 is 0 Å². The number of benzene rings is 2. The van der Waals surface area contributed by atoms with E-state index in [1.54, 1.807) is 19.2 Å². The second-order valence-corrected chi connectivity index (χ2v) is 5.94. The zero-order valence-corrected chi connectivity index (χ0v) is 15.0. The van der Waals surface area contributed by atoms with Crippen LogP contribution < -0.4 is 15.5 Å². The number of rotatable bonds is 8. The van der Waals surface area contributed by atoms with Crippen LogP contribution in [0.25, 0.3) is 0 Å². The number of guanidine groups is 1. The zero-order chi connectivity index (χ0) is 17.9. The number of para-hydroxylation sites is 1. The molecule has 0 atom stereocenters. The Kier molecular flexibility index (Phi) is 7.76. The van der Waals surface area contributed by atoms with Crippen LogP contribution in [0.4, 0.5) is 10.1 Å². The first-order chi connectivity index (χ1) is 12.2. The Labute approximate surface area is 149 Å². The Bertz CT molecular complexity index is 641. The van der Waals surface area contributed by atoms with Crippen LogP contribution in [0.1, 0.15) is 18.4 Å². The molecule has 0 aliphatic rings. The number of halogens is 1. The van der Waals surface area contributed by atoms with Crippen LogP contribution in [0, 0.1) is 5.82 Å². The van der Waals surface area contributed by atoms with E-state index in [2.05, 4.69) is 51.8 Å². The smallest absolute Gasteiger partial charge is 0.191 e. The van der Waals surface area contributed by atoms with E-state index in [1.807, 2.05) is 6.07 Å². The number of aliphatic imine (C=N–C) groups is 1. The Balaban J connectivity index is 1.62. The van der Waals surface area contributed by atoms with Crippen molar-refractivity contribution in [2.75, 3.05) is 32.1 Å². The molecule has 0 saturated carbocycles. The number of hydrogen-bond acceptors (Lipinski definition) is 2. The predicted molar refractivity (Wildman–Crippen MR) is 104 cm³/mol. The Morgan fingerprint density at radius 3 is 2.40 bits per heavy atom. The molecular formula is C20H27FN4. The molecule has 0 bridgehead atoms. The van der Waals surface area contributed by atoms with Crippen LogP contribution in [0.15, 0.2) is 59.6 Å². The van der Waals surface area contributed by atoms with E-state index in [-0.39, 0.29) is 5.82 Å². The summed E-state index contributed by atoms with van der Waals surface area (Å²) in [5, 5.41) is 6.55. The van der Waals surface area contributed by atoms with Crippen molar-refractivity contribution in [2.24, 2.45) is 4.99 Å². The molecule has 0 heterocycles. The normalized spacial score (nSPS) is 11.2. The molecule has 0 spiro atoms. The molecule has 2 aromatic carbocycles. The number of nitrogens with one attached hydrogen (secondary N) is 2. The molecule has 0 aromatic heterocycles. The second-order valence-electron chi connectivity index (χ2n) is 5.94. The summed E-state index contributed by atoms with van der Waals surface area (Å²) in [5.74, 6) is 0.549. The van der Waals surface area contributed by atoms with E-state index < -0.39 is 0 Å². The summed E-state index contributed by atoms with van der Waals surface area (Å²) in [7, 11) is 3.87. The van der Waals surface area contributed by atoms with Crippen molar-refractivity contribution < 1.29 is 4.39 Å². The fourth-order valence-corrected chi connectivity index (χ4v) is 2.50. The maximum absolute atomic E-state index is 12.9. The number of anilines is 1. The van der Waals surface area contributed by atoms with Gasteiger partial charge in [-0.2, -0.15) is 0 Å². The molecule has 25 heavy (non-hydrogen) atoms. The highest BCUT2D eigenvalue weighted by Gasteiger charge is 2.01. The van der Waals surface area contributed by atoms with Crippen LogP contribution in [0.2, 0.25) is 0 Å². The predicted octanol–water partition coefficient (Wildman–Crippen LogP) is 3.41. The average Bonchev–Trinajstić information content (AvgIpc) is 2.65. The van der Waals surface area contributed by atoms with E-state index >= 15 is 0 Å². The Morgan fingerprint density at radius 2 is 1.72 bits per heavy atom. The molecule has 4 nitrogen and oxygen atoms in total. The maximum Gasteiger partial charge on any atom is 0.191 e. The summed E-state index contributed by atoms with van der Waals surface area (Å²) < 4.78 is 12.9. The minimum Gasteiger partial charge on any atom is -0.375 e.